The van der Waals surface area contributed by atoms with Crippen molar-refractivity contribution >= 4 is 34.1 Å². The number of aromatic nitrogens is 1. The summed E-state index contributed by atoms with van der Waals surface area (Å²) in [4.78, 5) is 35.7. The molecule has 0 spiro atoms. The van der Waals surface area contributed by atoms with Crippen LogP contribution in [0, 0.1) is 0 Å². The molecule has 2 aromatic carbocycles. The smallest absolute Gasteiger partial charge is 0.268 e. The van der Waals surface area contributed by atoms with Crippen molar-refractivity contribution in [3.8, 4) is 0 Å². The second-order valence-electron chi connectivity index (χ2n) is 7.93. The van der Waals surface area contributed by atoms with Crippen molar-refractivity contribution in [3.05, 3.63) is 76.7 Å². The number of hydrogen-bond acceptors (Lipinski definition) is 5. The van der Waals surface area contributed by atoms with Crippen LogP contribution < -0.4 is 10.2 Å². The predicted octanol–water partition coefficient (Wildman–Crippen LogP) is 4.30. The van der Waals surface area contributed by atoms with Crippen LogP contribution in [0.3, 0.4) is 0 Å². The number of nitrogens with zero attached hydrogens (tertiary/aromatic N) is 3. The van der Waals surface area contributed by atoms with Crippen LogP contribution in [0.4, 0.5) is 10.9 Å². The Morgan fingerprint density at radius 1 is 0.968 bits per heavy atom. The minimum Gasteiger partial charge on any atom is -0.357 e. The molecule has 1 N–H and O–H groups in total. The molecular weight excluding hydrogens is 408 g/mol. The van der Waals surface area contributed by atoms with Gasteiger partial charge in [0.25, 0.3) is 11.8 Å². The molecule has 1 fully saturated rings. The molecule has 3 heterocycles. The average molecular weight is 433 g/mol. The van der Waals surface area contributed by atoms with Gasteiger partial charge in [-0.05, 0) is 30.4 Å². The molecule has 1 unspecified atom stereocenters. The number of hydrogen-bond donors (Lipinski definition) is 1. The maximum atomic E-state index is 13.6. The summed E-state index contributed by atoms with van der Waals surface area (Å²) in [5.41, 5.74) is 2.15. The standard InChI is InChI=1S/C24H24N4O2S/c29-22-19-13-7-8-14-27(19)23(30)20-21(28(22)16-18-11-5-2-6-12-18)26-24(31-20)25-15-17-9-3-1-4-10-17/h1-6,9-12,19H,7-8,13-16H2,(H,25,26). The van der Waals surface area contributed by atoms with Gasteiger partial charge < -0.3 is 10.2 Å². The monoisotopic (exact) mass is 432 g/mol. The minimum atomic E-state index is -0.396. The summed E-state index contributed by atoms with van der Waals surface area (Å²) in [6.07, 6.45) is 2.61. The summed E-state index contributed by atoms with van der Waals surface area (Å²) in [7, 11) is 0. The largest absolute Gasteiger partial charge is 0.357 e. The molecule has 31 heavy (non-hydrogen) atoms. The molecule has 2 aliphatic rings. The van der Waals surface area contributed by atoms with Crippen molar-refractivity contribution in [2.24, 2.45) is 0 Å². The lowest BCUT2D eigenvalue weighted by atomic mass is 10.0. The van der Waals surface area contributed by atoms with E-state index < -0.39 is 6.04 Å². The molecule has 1 atom stereocenters. The van der Waals surface area contributed by atoms with E-state index in [4.69, 9.17) is 4.98 Å². The van der Waals surface area contributed by atoms with Crippen LogP contribution in [0.5, 0.6) is 0 Å². The first kappa shape index (κ1) is 19.8. The van der Waals surface area contributed by atoms with Gasteiger partial charge in [-0.2, -0.15) is 0 Å². The fourth-order valence-corrected chi connectivity index (χ4v) is 5.17. The maximum absolute atomic E-state index is 13.6. The molecule has 158 valence electrons. The first-order valence-electron chi connectivity index (χ1n) is 10.7. The third kappa shape index (κ3) is 3.93. The quantitative estimate of drug-likeness (QED) is 0.653. The Labute approximate surface area is 185 Å². The second-order valence-corrected chi connectivity index (χ2v) is 8.93. The first-order valence-corrected chi connectivity index (χ1v) is 11.5. The normalized spacial score (nSPS) is 18.4. The lowest BCUT2D eigenvalue weighted by molar-refractivity contribution is -0.124. The molecule has 1 aromatic heterocycles. The number of amides is 2. The molecule has 2 aliphatic heterocycles. The molecule has 0 aliphatic carbocycles. The molecule has 0 radical (unpaired) electrons. The third-order valence-corrected chi connectivity index (χ3v) is 6.83. The number of carbonyl (C=O) groups excluding carboxylic acids is 2. The first-order chi connectivity index (χ1) is 15.2. The van der Waals surface area contributed by atoms with Gasteiger partial charge in [-0.3, -0.25) is 14.5 Å². The number of piperidine rings is 1. The Hall–Kier alpha value is -3.19. The van der Waals surface area contributed by atoms with Crippen molar-refractivity contribution in [2.45, 2.75) is 38.4 Å². The average Bonchev–Trinajstić information content (AvgIpc) is 3.23. The number of nitrogens with one attached hydrogen (secondary N) is 1. The van der Waals surface area contributed by atoms with Gasteiger partial charge in [0, 0.05) is 13.1 Å². The van der Waals surface area contributed by atoms with Crippen LogP contribution in [0.1, 0.15) is 40.1 Å². The molecule has 2 amide bonds. The summed E-state index contributed by atoms with van der Waals surface area (Å²) < 4.78 is 0. The fourth-order valence-electron chi connectivity index (χ4n) is 4.25. The summed E-state index contributed by atoms with van der Waals surface area (Å²) in [6, 6.07) is 19.5. The Morgan fingerprint density at radius 3 is 2.42 bits per heavy atom. The Morgan fingerprint density at radius 2 is 1.68 bits per heavy atom. The zero-order chi connectivity index (χ0) is 21.2. The molecule has 0 bridgehead atoms. The van der Waals surface area contributed by atoms with E-state index in [-0.39, 0.29) is 11.8 Å². The molecule has 6 nitrogen and oxygen atoms in total. The number of fused-ring (bicyclic) bond motifs is 2. The van der Waals surface area contributed by atoms with E-state index in [0.29, 0.717) is 41.9 Å². The van der Waals surface area contributed by atoms with E-state index in [9.17, 15) is 9.59 Å². The van der Waals surface area contributed by atoms with E-state index in [1.807, 2.05) is 60.7 Å². The van der Waals surface area contributed by atoms with Gasteiger partial charge >= 0.3 is 0 Å². The number of anilines is 2. The molecule has 5 rings (SSSR count). The molecule has 3 aromatic rings. The number of benzene rings is 2. The zero-order valence-corrected chi connectivity index (χ0v) is 18.0. The van der Waals surface area contributed by atoms with E-state index in [2.05, 4.69) is 5.32 Å². The third-order valence-electron chi connectivity index (χ3n) is 5.84. The highest BCUT2D eigenvalue weighted by Gasteiger charge is 2.42. The van der Waals surface area contributed by atoms with Crippen molar-refractivity contribution in [1.82, 2.24) is 9.88 Å². The lowest BCUT2D eigenvalue weighted by Gasteiger charge is -2.34. The van der Waals surface area contributed by atoms with Gasteiger partial charge in [-0.25, -0.2) is 4.98 Å². The van der Waals surface area contributed by atoms with Gasteiger partial charge in [0.05, 0.1) is 6.54 Å². The lowest BCUT2D eigenvalue weighted by Crippen LogP contribution is -2.50. The van der Waals surface area contributed by atoms with Crippen LogP contribution in [-0.4, -0.2) is 34.3 Å². The summed E-state index contributed by atoms with van der Waals surface area (Å²) in [6.45, 7) is 1.64. The van der Waals surface area contributed by atoms with Crippen molar-refractivity contribution < 1.29 is 9.59 Å². The van der Waals surface area contributed by atoms with Crippen molar-refractivity contribution in [3.63, 3.8) is 0 Å². The van der Waals surface area contributed by atoms with Crippen LogP contribution in [0.25, 0.3) is 0 Å². The minimum absolute atomic E-state index is 0.0319. The zero-order valence-electron chi connectivity index (χ0n) is 17.2. The van der Waals surface area contributed by atoms with E-state index in [1.165, 1.54) is 11.3 Å². The van der Waals surface area contributed by atoms with Crippen LogP contribution in [0.2, 0.25) is 0 Å². The van der Waals surface area contributed by atoms with E-state index >= 15 is 0 Å². The number of thiazole rings is 1. The predicted molar refractivity (Wildman–Crippen MR) is 122 cm³/mol. The van der Waals surface area contributed by atoms with E-state index in [0.717, 1.165) is 24.0 Å². The number of rotatable bonds is 5. The molecule has 7 heteroatoms. The van der Waals surface area contributed by atoms with Gasteiger partial charge in [0.2, 0.25) is 0 Å². The number of carbonyl (C=O) groups is 2. The Kier molecular flexibility index (Phi) is 5.42. The Bertz CT molecular complexity index is 1080. The topological polar surface area (TPSA) is 65.5 Å². The van der Waals surface area contributed by atoms with Gasteiger partial charge in [0.1, 0.15) is 10.9 Å². The highest BCUT2D eigenvalue weighted by molar-refractivity contribution is 7.18. The van der Waals surface area contributed by atoms with Crippen LogP contribution >= 0.6 is 11.3 Å². The Balaban J connectivity index is 1.49. The highest BCUT2D eigenvalue weighted by atomic mass is 32.1. The van der Waals surface area contributed by atoms with Gasteiger partial charge in [0.15, 0.2) is 10.9 Å². The molecule has 1 saturated heterocycles. The van der Waals surface area contributed by atoms with Crippen molar-refractivity contribution in [1.29, 1.82) is 0 Å². The summed E-state index contributed by atoms with van der Waals surface area (Å²) in [5.74, 6) is 0.373. The summed E-state index contributed by atoms with van der Waals surface area (Å²) >= 11 is 1.34. The van der Waals surface area contributed by atoms with Crippen molar-refractivity contribution in [2.75, 3.05) is 16.8 Å². The van der Waals surface area contributed by atoms with Crippen LogP contribution in [-0.2, 0) is 17.9 Å². The van der Waals surface area contributed by atoms with Gasteiger partial charge in [-0.15, -0.1) is 0 Å². The maximum Gasteiger partial charge on any atom is 0.268 e. The van der Waals surface area contributed by atoms with Gasteiger partial charge in [-0.1, -0.05) is 72.0 Å². The molecular formula is C24H24N4O2S. The highest BCUT2D eigenvalue weighted by Crippen LogP contribution is 2.37. The van der Waals surface area contributed by atoms with Crippen LogP contribution in [0.15, 0.2) is 60.7 Å². The SMILES string of the molecule is O=C1C2CCCCN2C(=O)c2sc(NCc3ccccc3)nc2N1Cc1ccccc1. The molecule has 0 saturated carbocycles. The second kappa shape index (κ2) is 8.51. The summed E-state index contributed by atoms with van der Waals surface area (Å²) in [5, 5.41) is 3.99. The fraction of sp³-hybridized carbons (Fsp3) is 0.292. The van der Waals surface area contributed by atoms with E-state index in [1.54, 1.807) is 9.80 Å².